The lowest BCUT2D eigenvalue weighted by Gasteiger charge is -2.31. The molecule has 0 aromatic rings. The number of carboxylic acids is 1. The molecule has 1 aliphatic heterocycles. The molecule has 2 amide bonds. The minimum Gasteiger partial charge on any atom is -0.480 e. The molecule has 2 unspecified atom stereocenters. The second-order valence-electron chi connectivity index (χ2n) is 6.74. The van der Waals surface area contributed by atoms with Gasteiger partial charge < -0.3 is 20.2 Å². The number of rotatable bonds is 4. The second kappa shape index (κ2) is 6.43. The summed E-state index contributed by atoms with van der Waals surface area (Å²) in [4.78, 5) is 27.2. The number of hydrogen-bond acceptors (Lipinski definition) is 3. The minimum absolute atomic E-state index is 0.326. The van der Waals surface area contributed by atoms with Crippen LogP contribution in [-0.2, 0) is 4.79 Å². The zero-order valence-electron chi connectivity index (χ0n) is 13.1. The fourth-order valence-electron chi connectivity index (χ4n) is 2.49. The quantitative estimate of drug-likeness (QED) is 0.814. The van der Waals surface area contributed by atoms with E-state index in [0.717, 1.165) is 19.4 Å². The van der Waals surface area contributed by atoms with Gasteiger partial charge in [-0.15, -0.1) is 0 Å². The molecule has 1 fully saturated rings. The minimum atomic E-state index is -1.00. The molecular weight excluding hydrogens is 258 g/mol. The van der Waals surface area contributed by atoms with Crippen LogP contribution in [0.4, 0.5) is 4.79 Å². The van der Waals surface area contributed by atoms with Gasteiger partial charge in [0, 0.05) is 19.6 Å². The van der Waals surface area contributed by atoms with Gasteiger partial charge in [-0.25, -0.2) is 9.59 Å². The van der Waals surface area contributed by atoms with Crippen molar-refractivity contribution in [2.75, 3.05) is 27.2 Å². The van der Waals surface area contributed by atoms with Gasteiger partial charge in [-0.05, 0) is 31.8 Å². The van der Waals surface area contributed by atoms with Crippen molar-refractivity contribution in [2.45, 2.75) is 45.7 Å². The van der Waals surface area contributed by atoms with Gasteiger partial charge in [0.1, 0.15) is 6.04 Å². The molecular formula is C14H27N3O3. The monoisotopic (exact) mass is 285 g/mol. The number of aliphatic carboxylic acids is 1. The predicted octanol–water partition coefficient (Wildman–Crippen LogP) is 1.22. The lowest BCUT2D eigenvalue weighted by Crippen LogP contribution is -2.54. The van der Waals surface area contributed by atoms with E-state index in [0.29, 0.717) is 12.6 Å². The first-order valence-electron chi connectivity index (χ1n) is 7.07. The first-order chi connectivity index (χ1) is 9.12. The molecule has 20 heavy (non-hydrogen) atoms. The molecule has 2 atom stereocenters. The van der Waals surface area contributed by atoms with Crippen molar-refractivity contribution < 1.29 is 14.7 Å². The molecule has 2 N–H and O–H groups in total. The van der Waals surface area contributed by atoms with Crippen molar-refractivity contribution in [3.05, 3.63) is 0 Å². The van der Waals surface area contributed by atoms with Gasteiger partial charge in [0.05, 0.1) is 0 Å². The summed E-state index contributed by atoms with van der Waals surface area (Å²) in [7, 11) is 3.77. The van der Waals surface area contributed by atoms with Crippen molar-refractivity contribution >= 4 is 12.0 Å². The number of likely N-dealkylation sites (N-methyl/N-ethyl adjacent to an activating group) is 2. The fraction of sp³-hybridized carbons (Fsp3) is 0.857. The highest BCUT2D eigenvalue weighted by Gasteiger charge is 2.34. The summed E-state index contributed by atoms with van der Waals surface area (Å²) in [6, 6.07) is -0.852. The molecule has 0 aromatic heterocycles. The Morgan fingerprint density at radius 1 is 1.45 bits per heavy atom. The summed E-state index contributed by atoms with van der Waals surface area (Å²) in [5.74, 6) is -1.00. The molecule has 1 heterocycles. The summed E-state index contributed by atoms with van der Waals surface area (Å²) in [5, 5.41) is 11.8. The van der Waals surface area contributed by atoms with Gasteiger partial charge in [0.15, 0.2) is 0 Å². The van der Waals surface area contributed by atoms with Gasteiger partial charge in [-0.1, -0.05) is 20.8 Å². The van der Waals surface area contributed by atoms with Crippen LogP contribution in [0.25, 0.3) is 0 Å². The zero-order valence-corrected chi connectivity index (χ0v) is 13.1. The van der Waals surface area contributed by atoms with Crippen LogP contribution < -0.4 is 5.32 Å². The van der Waals surface area contributed by atoms with Crippen LogP contribution in [0.3, 0.4) is 0 Å². The van der Waals surface area contributed by atoms with Crippen LogP contribution in [0, 0.1) is 5.41 Å². The second-order valence-corrected chi connectivity index (χ2v) is 6.74. The number of amides is 2. The molecule has 0 spiro atoms. The highest BCUT2D eigenvalue weighted by Crippen LogP contribution is 2.20. The average molecular weight is 285 g/mol. The van der Waals surface area contributed by atoms with Crippen LogP contribution >= 0.6 is 0 Å². The number of carbonyl (C=O) groups is 2. The van der Waals surface area contributed by atoms with E-state index in [1.165, 1.54) is 0 Å². The van der Waals surface area contributed by atoms with Crippen LogP contribution in [-0.4, -0.2) is 66.2 Å². The number of carboxylic acid groups (broad SMARTS) is 1. The molecule has 1 rings (SSSR count). The lowest BCUT2D eigenvalue weighted by atomic mass is 9.87. The van der Waals surface area contributed by atoms with E-state index in [2.05, 4.69) is 17.3 Å². The molecule has 0 aliphatic carbocycles. The Hall–Kier alpha value is -1.30. The molecule has 6 nitrogen and oxygen atoms in total. The van der Waals surface area contributed by atoms with Gasteiger partial charge in [-0.2, -0.15) is 0 Å². The predicted molar refractivity (Wildman–Crippen MR) is 77.7 cm³/mol. The number of urea groups is 1. The van der Waals surface area contributed by atoms with E-state index in [1.807, 2.05) is 0 Å². The molecule has 116 valence electrons. The summed E-state index contributed by atoms with van der Waals surface area (Å²) in [6.45, 7) is 7.09. The van der Waals surface area contributed by atoms with Crippen LogP contribution in [0.1, 0.15) is 33.6 Å². The Balaban J connectivity index is 2.58. The molecule has 0 bridgehead atoms. The molecule has 0 saturated carbocycles. The molecule has 0 radical (unpaired) electrons. The van der Waals surface area contributed by atoms with Crippen molar-refractivity contribution in [2.24, 2.45) is 5.41 Å². The van der Waals surface area contributed by atoms with E-state index in [1.54, 1.807) is 32.7 Å². The first kappa shape index (κ1) is 16.8. The highest BCUT2D eigenvalue weighted by molar-refractivity contribution is 5.83. The third-order valence-corrected chi connectivity index (χ3v) is 3.88. The maximum absolute atomic E-state index is 12.1. The fourth-order valence-corrected chi connectivity index (χ4v) is 2.49. The highest BCUT2D eigenvalue weighted by atomic mass is 16.4. The van der Waals surface area contributed by atoms with Crippen molar-refractivity contribution in [1.82, 2.24) is 15.1 Å². The summed E-state index contributed by atoms with van der Waals surface area (Å²) in [6.07, 6.45) is 2.23. The normalized spacial score (nSPS) is 21.6. The Bertz CT molecular complexity index is 365. The standard InChI is InChI=1S/C14H27N3O3/c1-14(2,3)11(12(18)19)15-13(20)17(5)9-10-7-6-8-16(10)4/h10-11H,6-9H2,1-5H3,(H,15,20)(H,18,19). The Morgan fingerprint density at radius 3 is 2.45 bits per heavy atom. The Kier molecular flexibility index (Phi) is 5.39. The van der Waals surface area contributed by atoms with Crippen LogP contribution in [0.15, 0.2) is 0 Å². The third-order valence-electron chi connectivity index (χ3n) is 3.88. The average Bonchev–Trinajstić information content (AvgIpc) is 2.69. The number of likely N-dealkylation sites (tertiary alicyclic amines) is 1. The molecule has 1 aliphatic rings. The lowest BCUT2D eigenvalue weighted by molar-refractivity contribution is -0.142. The van der Waals surface area contributed by atoms with Gasteiger partial charge >= 0.3 is 12.0 Å². The first-order valence-corrected chi connectivity index (χ1v) is 7.07. The van der Waals surface area contributed by atoms with Crippen molar-refractivity contribution in [3.8, 4) is 0 Å². The van der Waals surface area contributed by atoms with Gasteiger partial charge in [0.25, 0.3) is 0 Å². The van der Waals surface area contributed by atoms with Crippen LogP contribution in [0.5, 0.6) is 0 Å². The smallest absolute Gasteiger partial charge is 0.326 e. The van der Waals surface area contributed by atoms with E-state index in [9.17, 15) is 14.7 Å². The van der Waals surface area contributed by atoms with Crippen LogP contribution in [0.2, 0.25) is 0 Å². The number of hydrogen-bond donors (Lipinski definition) is 2. The SMILES string of the molecule is CN(CC1CCCN1C)C(=O)NC(C(=O)O)C(C)(C)C. The molecule has 0 aromatic carbocycles. The summed E-state index contributed by atoms with van der Waals surface area (Å²) in [5.41, 5.74) is -0.521. The maximum Gasteiger partial charge on any atom is 0.326 e. The van der Waals surface area contributed by atoms with Crippen molar-refractivity contribution in [3.63, 3.8) is 0 Å². The van der Waals surface area contributed by atoms with Gasteiger partial charge in [-0.3, -0.25) is 0 Å². The van der Waals surface area contributed by atoms with E-state index in [4.69, 9.17) is 0 Å². The topological polar surface area (TPSA) is 72.9 Å². The van der Waals surface area contributed by atoms with Gasteiger partial charge in [0.2, 0.25) is 0 Å². The number of nitrogens with one attached hydrogen (secondary N) is 1. The van der Waals surface area contributed by atoms with Crippen molar-refractivity contribution in [1.29, 1.82) is 0 Å². The largest absolute Gasteiger partial charge is 0.480 e. The van der Waals surface area contributed by atoms with E-state index < -0.39 is 17.4 Å². The number of carbonyl (C=O) groups excluding carboxylic acids is 1. The van der Waals surface area contributed by atoms with E-state index >= 15 is 0 Å². The van der Waals surface area contributed by atoms with E-state index in [-0.39, 0.29) is 6.03 Å². The number of nitrogens with zero attached hydrogens (tertiary/aromatic N) is 2. The Morgan fingerprint density at radius 2 is 2.05 bits per heavy atom. The summed E-state index contributed by atoms with van der Waals surface area (Å²) >= 11 is 0. The molecule has 1 saturated heterocycles. The third kappa shape index (κ3) is 4.37. The Labute approximate surface area is 121 Å². The zero-order chi connectivity index (χ0) is 15.5. The summed E-state index contributed by atoms with van der Waals surface area (Å²) < 4.78 is 0. The molecule has 6 heteroatoms. The maximum atomic E-state index is 12.1.